The highest BCUT2D eigenvalue weighted by molar-refractivity contribution is 7.91. The number of fused-ring (bicyclic) bond motifs is 2. The van der Waals surface area contributed by atoms with Gasteiger partial charge < -0.3 is 14.2 Å². The van der Waals surface area contributed by atoms with E-state index in [9.17, 15) is 18.5 Å². The molecule has 13 heteroatoms. The second-order valence-electron chi connectivity index (χ2n) is 10.3. The third kappa shape index (κ3) is 5.57. The molecule has 4 heterocycles. The third-order valence-corrected chi connectivity index (χ3v) is 11.0. The highest BCUT2D eigenvalue weighted by Crippen LogP contribution is 2.39. The summed E-state index contributed by atoms with van der Waals surface area (Å²) in [6.07, 6.45) is 1.26. The number of hydrogen-bond donors (Lipinski definition) is 0. The minimum atomic E-state index is -3.88. The van der Waals surface area contributed by atoms with Crippen molar-refractivity contribution in [2.75, 3.05) is 47.3 Å². The number of likely N-dealkylation sites (N-methyl/N-ethyl adjacent to an activating group) is 1. The summed E-state index contributed by atoms with van der Waals surface area (Å²) in [5.41, 5.74) is 1.53. The standard InChI is InChI=1S/C26H31ClN6O4S2/c1-30(2)15-20-19-7-6-17(27)13-23(19)38-26(20)39(35,36)32-11-12-33(18(14-32)5-4-9-28)25(34)24-29-21-8-10-31(3)16-22(21)37-24/h6-7,13,18H,4-5,8,10-12,14-16H2,1-3H3. The van der Waals surface area contributed by atoms with E-state index in [4.69, 9.17) is 16.0 Å². The first-order valence-electron chi connectivity index (χ1n) is 12.8. The van der Waals surface area contributed by atoms with Crippen LogP contribution in [0.25, 0.3) is 10.1 Å². The Hall–Kier alpha value is -2.53. The summed E-state index contributed by atoms with van der Waals surface area (Å²) in [6.45, 7) is 2.30. The molecule has 208 valence electrons. The minimum absolute atomic E-state index is 0.0308. The van der Waals surface area contributed by atoms with Gasteiger partial charge in [-0.15, -0.1) is 11.3 Å². The maximum Gasteiger partial charge on any atom is 0.310 e. The molecule has 1 amide bonds. The number of rotatable bonds is 7. The van der Waals surface area contributed by atoms with E-state index >= 15 is 0 Å². The van der Waals surface area contributed by atoms with Crippen LogP contribution in [0.5, 0.6) is 0 Å². The van der Waals surface area contributed by atoms with E-state index in [0.29, 0.717) is 36.7 Å². The van der Waals surface area contributed by atoms with Gasteiger partial charge in [0.15, 0.2) is 0 Å². The molecule has 1 fully saturated rings. The summed E-state index contributed by atoms with van der Waals surface area (Å²) >= 11 is 7.43. The van der Waals surface area contributed by atoms with Crippen LogP contribution >= 0.6 is 22.9 Å². The number of piperazine rings is 1. The quantitative estimate of drug-likeness (QED) is 0.411. The Bertz CT molecular complexity index is 1540. The number of halogens is 1. The fourth-order valence-electron chi connectivity index (χ4n) is 5.22. The van der Waals surface area contributed by atoms with Crippen LogP contribution < -0.4 is 0 Å². The van der Waals surface area contributed by atoms with Crippen LogP contribution in [-0.2, 0) is 29.5 Å². The van der Waals surface area contributed by atoms with Crippen molar-refractivity contribution in [1.82, 2.24) is 24.0 Å². The predicted molar refractivity (Wildman–Crippen MR) is 149 cm³/mol. The summed E-state index contributed by atoms with van der Waals surface area (Å²) in [6, 6.07) is 7.08. The lowest BCUT2D eigenvalue weighted by atomic mass is 10.1. The topological polar surface area (TPSA) is 114 Å². The number of nitriles is 1. The number of carbonyl (C=O) groups is 1. The monoisotopic (exact) mass is 590 g/mol. The largest absolute Gasteiger partial charge is 0.436 e. The molecular formula is C26H31ClN6O4S2. The molecular weight excluding hydrogens is 560 g/mol. The average Bonchev–Trinajstić information content (AvgIpc) is 3.47. The lowest BCUT2D eigenvalue weighted by Crippen LogP contribution is -2.56. The van der Waals surface area contributed by atoms with Crippen LogP contribution in [0.2, 0.25) is 5.02 Å². The minimum Gasteiger partial charge on any atom is -0.436 e. The molecule has 0 bridgehead atoms. The van der Waals surface area contributed by atoms with Gasteiger partial charge >= 0.3 is 5.91 Å². The number of sulfonamides is 1. The van der Waals surface area contributed by atoms with Gasteiger partial charge in [0, 0.05) is 66.9 Å². The van der Waals surface area contributed by atoms with Crippen molar-refractivity contribution in [1.29, 1.82) is 5.26 Å². The Kier molecular flexibility index (Phi) is 8.01. The number of aromatic nitrogens is 1. The van der Waals surface area contributed by atoms with Crippen molar-refractivity contribution in [2.45, 2.75) is 42.6 Å². The lowest BCUT2D eigenvalue weighted by molar-refractivity contribution is 0.0511. The number of hydrogen-bond acceptors (Lipinski definition) is 9. The SMILES string of the molecule is CN(C)Cc1c(S(=O)(=O)N2CCN(C(=O)c3nc4c(o3)CN(C)CC4)C(CCC#N)C2)sc2cc(Cl)ccc12. The Labute approximate surface area is 237 Å². The Balaban J connectivity index is 1.44. The molecule has 3 aromatic rings. The van der Waals surface area contributed by atoms with Crippen LogP contribution in [0.3, 0.4) is 0 Å². The number of benzene rings is 1. The smallest absolute Gasteiger partial charge is 0.310 e. The maximum absolute atomic E-state index is 14.1. The van der Waals surface area contributed by atoms with Crippen molar-refractivity contribution >= 4 is 49.0 Å². The number of thiophene rings is 1. The van der Waals surface area contributed by atoms with Crippen LogP contribution in [-0.4, -0.2) is 91.7 Å². The first kappa shape index (κ1) is 28.0. The molecule has 0 radical (unpaired) electrons. The zero-order chi connectivity index (χ0) is 27.9. The molecule has 39 heavy (non-hydrogen) atoms. The van der Waals surface area contributed by atoms with E-state index in [1.54, 1.807) is 17.0 Å². The number of oxazole rings is 1. The molecule has 0 aliphatic carbocycles. The lowest BCUT2D eigenvalue weighted by Gasteiger charge is -2.40. The molecule has 0 spiro atoms. The first-order valence-corrected chi connectivity index (χ1v) is 15.4. The predicted octanol–water partition coefficient (Wildman–Crippen LogP) is 3.41. The van der Waals surface area contributed by atoms with E-state index in [1.807, 2.05) is 32.1 Å². The molecule has 10 nitrogen and oxygen atoms in total. The second kappa shape index (κ2) is 11.2. The van der Waals surface area contributed by atoms with E-state index in [1.165, 1.54) is 15.6 Å². The summed E-state index contributed by atoms with van der Waals surface area (Å²) in [5.74, 6) is 0.361. The van der Waals surface area contributed by atoms with E-state index < -0.39 is 16.1 Å². The zero-order valence-corrected chi connectivity index (χ0v) is 24.6. The van der Waals surface area contributed by atoms with E-state index in [-0.39, 0.29) is 42.1 Å². The number of nitrogens with zero attached hydrogens (tertiary/aromatic N) is 6. The summed E-state index contributed by atoms with van der Waals surface area (Å²) < 4.78 is 36.5. The number of amides is 1. The van der Waals surface area contributed by atoms with Crippen molar-refractivity contribution < 1.29 is 17.6 Å². The van der Waals surface area contributed by atoms with Crippen LogP contribution in [0, 0.1) is 11.3 Å². The summed E-state index contributed by atoms with van der Waals surface area (Å²) in [7, 11) is 1.91. The van der Waals surface area contributed by atoms with Gasteiger partial charge in [-0.05, 0) is 45.1 Å². The Morgan fingerprint density at radius 2 is 2.10 bits per heavy atom. The van der Waals surface area contributed by atoms with Crippen molar-refractivity contribution in [3.8, 4) is 6.07 Å². The van der Waals surface area contributed by atoms with Crippen LogP contribution in [0.1, 0.15) is 40.5 Å². The second-order valence-corrected chi connectivity index (χ2v) is 14.0. The van der Waals surface area contributed by atoms with Crippen molar-refractivity contribution in [3.63, 3.8) is 0 Å². The molecule has 2 aliphatic heterocycles. The zero-order valence-electron chi connectivity index (χ0n) is 22.2. The summed E-state index contributed by atoms with van der Waals surface area (Å²) in [5, 5.41) is 10.7. The highest BCUT2D eigenvalue weighted by Gasteiger charge is 2.40. The fourth-order valence-corrected chi connectivity index (χ4v) is 8.86. The Morgan fingerprint density at radius 3 is 2.85 bits per heavy atom. The molecule has 0 saturated carbocycles. The fraction of sp³-hybridized carbons (Fsp3) is 0.500. The molecule has 2 aromatic heterocycles. The van der Waals surface area contributed by atoms with Gasteiger partial charge in [-0.3, -0.25) is 9.69 Å². The van der Waals surface area contributed by atoms with Gasteiger partial charge in [0.05, 0.1) is 18.3 Å². The molecule has 0 N–H and O–H groups in total. The first-order chi connectivity index (χ1) is 18.6. The van der Waals surface area contributed by atoms with Crippen LogP contribution in [0.15, 0.2) is 26.8 Å². The molecule has 2 aliphatic rings. The highest BCUT2D eigenvalue weighted by atomic mass is 35.5. The summed E-state index contributed by atoms with van der Waals surface area (Å²) in [4.78, 5) is 23.6. The maximum atomic E-state index is 14.1. The molecule has 1 atom stereocenters. The van der Waals surface area contributed by atoms with Gasteiger partial charge in [-0.2, -0.15) is 9.57 Å². The number of carbonyl (C=O) groups excluding carboxylic acids is 1. The van der Waals surface area contributed by atoms with E-state index in [0.717, 1.165) is 27.9 Å². The average molecular weight is 591 g/mol. The molecule has 1 aromatic carbocycles. The van der Waals surface area contributed by atoms with Gasteiger partial charge in [0.25, 0.3) is 15.9 Å². The Morgan fingerprint density at radius 1 is 1.31 bits per heavy atom. The van der Waals surface area contributed by atoms with Gasteiger partial charge in [-0.25, -0.2) is 13.4 Å². The van der Waals surface area contributed by atoms with Gasteiger partial charge in [0.1, 0.15) is 9.97 Å². The molecule has 1 saturated heterocycles. The van der Waals surface area contributed by atoms with Crippen LogP contribution in [0.4, 0.5) is 0 Å². The van der Waals surface area contributed by atoms with Gasteiger partial charge in [0.2, 0.25) is 0 Å². The third-order valence-electron chi connectivity index (χ3n) is 7.17. The van der Waals surface area contributed by atoms with Crippen molar-refractivity contribution in [3.05, 3.63) is 46.1 Å². The molecule has 1 unspecified atom stereocenters. The molecule has 5 rings (SSSR count). The van der Waals surface area contributed by atoms with Crippen molar-refractivity contribution in [2.24, 2.45) is 0 Å². The van der Waals surface area contributed by atoms with Gasteiger partial charge in [-0.1, -0.05) is 17.7 Å². The normalized spacial score (nSPS) is 19.0. The van der Waals surface area contributed by atoms with E-state index in [2.05, 4.69) is 16.0 Å².